The number of aromatic nitrogens is 2. The van der Waals surface area contributed by atoms with Crippen LogP contribution in [0, 0.1) is 5.82 Å². The minimum atomic E-state index is -1.20. The van der Waals surface area contributed by atoms with E-state index in [0.717, 1.165) is 0 Å². The Labute approximate surface area is 102 Å². The van der Waals surface area contributed by atoms with Crippen molar-refractivity contribution < 1.29 is 19.0 Å². The maximum Gasteiger partial charge on any atom is 0.357 e. The van der Waals surface area contributed by atoms with Crippen molar-refractivity contribution in [3.05, 3.63) is 35.9 Å². The smallest absolute Gasteiger partial charge is 0.357 e. The highest BCUT2D eigenvalue weighted by atomic mass is 19.1. The van der Waals surface area contributed by atoms with Gasteiger partial charge in [0.05, 0.1) is 7.11 Å². The number of carbonyl (C=O) groups is 1. The zero-order chi connectivity index (χ0) is 13.3. The predicted octanol–water partition coefficient (Wildman–Crippen LogP) is 1.93. The molecule has 0 atom stereocenters. The molecule has 0 radical (unpaired) electrons. The Bertz CT molecular complexity index is 607. The van der Waals surface area contributed by atoms with Gasteiger partial charge in [0, 0.05) is 24.4 Å². The summed E-state index contributed by atoms with van der Waals surface area (Å²) in [6.45, 7) is 0. The molecule has 1 aromatic carbocycles. The van der Waals surface area contributed by atoms with Crippen molar-refractivity contribution in [1.29, 1.82) is 0 Å². The van der Waals surface area contributed by atoms with E-state index in [4.69, 9.17) is 9.84 Å². The number of nitrogens with zero attached hydrogens (tertiary/aromatic N) is 2. The van der Waals surface area contributed by atoms with Crippen LogP contribution in [-0.4, -0.2) is 28.0 Å². The summed E-state index contributed by atoms with van der Waals surface area (Å²) in [6.07, 6.45) is 1.46. The number of hydrogen-bond donors (Lipinski definition) is 1. The number of carboxylic acid groups (broad SMARTS) is 1. The molecule has 6 heteroatoms. The number of carboxylic acids is 1. The van der Waals surface area contributed by atoms with E-state index in [9.17, 15) is 9.18 Å². The second-order valence-corrected chi connectivity index (χ2v) is 3.72. The molecule has 0 bridgehead atoms. The fourth-order valence-corrected chi connectivity index (χ4v) is 1.68. The highest BCUT2D eigenvalue weighted by Crippen LogP contribution is 2.29. The molecule has 1 heterocycles. The lowest BCUT2D eigenvalue weighted by Gasteiger charge is -2.05. The van der Waals surface area contributed by atoms with Gasteiger partial charge in [-0.3, -0.25) is 4.68 Å². The average Bonchev–Trinajstić information content (AvgIpc) is 2.72. The number of aryl methyl sites for hydroxylation is 1. The van der Waals surface area contributed by atoms with E-state index < -0.39 is 11.8 Å². The summed E-state index contributed by atoms with van der Waals surface area (Å²) in [5.41, 5.74) is 0.186. The Morgan fingerprint density at radius 1 is 1.44 bits per heavy atom. The van der Waals surface area contributed by atoms with E-state index >= 15 is 0 Å². The Hall–Kier alpha value is -2.37. The van der Waals surface area contributed by atoms with Crippen molar-refractivity contribution >= 4 is 5.97 Å². The fourth-order valence-electron chi connectivity index (χ4n) is 1.68. The van der Waals surface area contributed by atoms with E-state index in [1.165, 1.54) is 36.2 Å². The quantitative estimate of drug-likeness (QED) is 0.904. The maximum absolute atomic E-state index is 13.8. The molecule has 0 unspecified atom stereocenters. The van der Waals surface area contributed by atoms with E-state index in [-0.39, 0.29) is 16.8 Å². The Morgan fingerprint density at radius 3 is 2.78 bits per heavy atom. The second kappa shape index (κ2) is 4.48. The summed E-state index contributed by atoms with van der Waals surface area (Å²) in [5, 5.41) is 12.8. The number of benzene rings is 1. The largest absolute Gasteiger partial charge is 0.497 e. The third-order valence-corrected chi connectivity index (χ3v) is 2.50. The van der Waals surface area contributed by atoms with Crippen molar-refractivity contribution in [1.82, 2.24) is 9.78 Å². The van der Waals surface area contributed by atoms with Crippen molar-refractivity contribution in [2.45, 2.75) is 0 Å². The number of halogens is 1. The molecular weight excluding hydrogens is 239 g/mol. The maximum atomic E-state index is 13.8. The van der Waals surface area contributed by atoms with Gasteiger partial charge in [-0.2, -0.15) is 5.10 Å². The van der Waals surface area contributed by atoms with E-state index in [0.29, 0.717) is 5.75 Å². The van der Waals surface area contributed by atoms with Gasteiger partial charge in [0.2, 0.25) is 0 Å². The minimum Gasteiger partial charge on any atom is -0.497 e. The van der Waals surface area contributed by atoms with Gasteiger partial charge in [-0.05, 0) is 18.2 Å². The van der Waals surface area contributed by atoms with E-state index in [1.54, 1.807) is 7.05 Å². The summed E-state index contributed by atoms with van der Waals surface area (Å²) >= 11 is 0. The monoisotopic (exact) mass is 250 g/mol. The number of methoxy groups -OCH3 is 1. The van der Waals surface area contributed by atoms with Crippen LogP contribution in [0.25, 0.3) is 11.1 Å². The van der Waals surface area contributed by atoms with Gasteiger partial charge in [-0.1, -0.05) is 0 Å². The van der Waals surface area contributed by atoms with Crippen molar-refractivity contribution in [3.63, 3.8) is 0 Å². The number of rotatable bonds is 3. The van der Waals surface area contributed by atoms with Gasteiger partial charge in [-0.15, -0.1) is 0 Å². The Balaban J connectivity index is 2.64. The van der Waals surface area contributed by atoms with Crippen molar-refractivity contribution in [2.24, 2.45) is 7.05 Å². The first-order valence-corrected chi connectivity index (χ1v) is 5.13. The average molecular weight is 250 g/mol. The second-order valence-electron chi connectivity index (χ2n) is 3.72. The fraction of sp³-hybridized carbons (Fsp3) is 0.167. The molecule has 5 nitrogen and oxygen atoms in total. The van der Waals surface area contributed by atoms with E-state index in [2.05, 4.69) is 5.10 Å². The molecule has 1 aromatic heterocycles. The SMILES string of the molecule is COc1ccc(F)c(-c2cn(C)nc2C(=O)O)c1. The number of ether oxygens (including phenoxy) is 1. The first-order chi connectivity index (χ1) is 8.52. The lowest BCUT2D eigenvalue weighted by Crippen LogP contribution is -2.01. The molecule has 94 valence electrons. The van der Waals surface area contributed by atoms with Crippen LogP contribution in [-0.2, 0) is 7.05 Å². The first kappa shape index (κ1) is 12.1. The molecule has 0 spiro atoms. The molecule has 0 saturated carbocycles. The van der Waals surface area contributed by atoms with Crippen LogP contribution in [0.5, 0.6) is 5.75 Å². The summed E-state index contributed by atoms with van der Waals surface area (Å²) in [4.78, 5) is 11.0. The molecule has 0 fully saturated rings. The summed E-state index contributed by atoms with van der Waals surface area (Å²) in [7, 11) is 3.03. The van der Waals surface area contributed by atoms with Crippen LogP contribution in [0.1, 0.15) is 10.5 Å². The van der Waals surface area contributed by atoms with Gasteiger partial charge >= 0.3 is 5.97 Å². The Kier molecular flexibility index (Phi) is 3.01. The van der Waals surface area contributed by atoms with Crippen LogP contribution in [0.4, 0.5) is 4.39 Å². The minimum absolute atomic E-state index is 0.153. The lowest BCUT2D eigenvalue weighted by molar-refractivity contribution is 0.0690. The normalized spacial score (nSPS) is 10.4. The molecule has 0 aliphatic rings. The lowest BCUT2D eigenvalue weighted by atomic mass is 10.1. The predicted molar refractivity (Wildman–Crippen MR) is 62.1 cm³/mol. The van der Waals surface area contributed by atoms with Gasteiger partial charge in [0.1, 0.15) is 11.6 Å². The Morgan fingerprint density at radius 2 is 2.17 bits per heavy atom. The molecule has 2 rings (SSSR count). The van der Waals surface area contributed by atoms with Crippen molar-refractivity contribution in [2.75, 3.05) is 7.11 Å². The van der Waals surface area contributed by atoms with Crippen LogP contribution >= 0.6 is 0 Å². The third kappa shape index (κ3) is 2.04. The number of aromatic carboxylic acids is 1. The van der Waals surface area contributed by atoms with Crippen molar-refractivity contribution in [3.8, 4) is 16.9 Å². The number of hydrogen-bond acceptors (Lipinski definition) is 3. The molecule has 0 aliphatic heterocycles. The molecule has 0 amide bonds. The highest BCUT2D eigenvalue weighted by molar-refractivity contribution is 5.94. The molecule has 0 saturated heterocycles. The van der Waals surface area contributed by atoms with E-state index in [1.807, 2.05) is 0 Å². The van der Waals surface area contributed by atoms with Crippen LogP contribution in [0.2, 0.25) is 0 Å². The zero-order valence-corrected chi connectivity index (χ0v) is 9.85. The standard InChI is InChI=1S/C12H11FN2O3/c1-15-6-9(11(14-15)12(16)17)8-5-7(18-2)3-4-10(8)13/h3-6H,1-2H3,(H,16,17). The van der Waals surface area contributed by atoms with Crippen LogP contribution < -0.4 is 4.74 Å². The van der Waals surface area contributed by atoms with Gasteiger partial charge in [-0.25, -0.2) is 9.18 Å². The molecule has 0 aliphatic carbocycles. The van der Waals surface area contributed by atoms with Gasteiger partial charge in [0.25, 0.3) is 0 Å². The summed E-state index contributed by atoms with van der Waals surface area (Å²) in [6, 6.07) is 4.14. The molecular formula is C12H11FN2O3. The van der Waals surface area contributed by atoms with Crippen LogP contribution in [0.15, 0.2) is 24.4 Å². The molecule has 18 heavy (non-hydrogen) atoms. The summed E-state index contributed by atoms with van der Waals surface area (Å²) in [5.74, 6) is -1.27. The summed E-state index contributed by atoms with van der Waals surface area (Å²) < 4.78 is 20.1. The van der Waals surface area contributed by atoms with Gasteiger partial charge < -0.3 is 9.84 Å². The topological polar surface area (TPSA) is 64.4 Å². The molecule has 1 N–H and O–H groups in total. The van der Waals surface area contributed by atoms with Crippen LogP contribution in [0.3, 0.4) is 0 Å². The highest BCUT2D eigenvalue weighted by Gasteiger charge is 2.19. The van der Waals surface area contributed by atoms with Gasteiger partial charge in [0.15, 0.2) is 5.69 Å². The zero-order valence-electron chi connectivity index (χ0n) is 9.85. The molecule has 2 aromatic rings. The third-order valence-electron chi connectivity index (χ3n) is 2.50. The first-order valence-electron chi connectivity index (χ1n) is 5.13.